The number of nitro groups is 1. The molecule has 0 spiro atoms. The number of nitrogens with one attached hydrogen (secondary N) is 2. The van der Waals surface area contributed by atoms with Gasteiger partial charge in [-0.2, -0.15) is 0 Å². The molecule has 0 aliphatic rings. The molecule has 28 heavy (non-hydrogen) atoms. The monoisotopic (exact) mass is 402 g/mol. The Labute approximate surface area is 166 Å². The molecule has 2 aromatic carbocycles. The van der Waals surface area contributed by atoms with Crippen molar-refractivity contribution < 1.29 is 19.7 Å². The van der Waals surface area contributed by atoms with E-state index in [9.17, 15) is 19.7 Å². The first-order chi connectivity index (χ1) is 13.3. The average molecular weight is 402 g/mol. The van der Waals surface area contributed by atoms with Gasteiger partial charge in [-0.1, -0.05) is 30.3 Å². The van der Waals surface area contributed by atoms with E-state index in [4.69, 9.17) is 17.4 Å². The Balaban J connectivity index is 2.20. The zero-order valence-corrected chi connectivity index (χ0v) is 15.7. The maximum Gasteiger partial charge on any atom is 0.269 e. The molecule has 0 aliphatic carbocycles. The molecule has 0 radical (unpaired) electrons. The molecule has 0 bridgehead atoms. The lowest BCUT2D eigenvalue weighted by atomic mass is 10.1. The summed E-state index contributed by atoms with van der Waals surface area (Å²) < 4.78 is 0. The van der Waals surface area contributed by atoms with Crippen molar-refractivity contribution in [1.29, 1.82) is 0 Å². The maximum atomic E-state index is 12.3. The van der Waals surface area contributed by atoms with Crippen LogP contribution in [0.15, 0.2) is 54.6 Å². The number of rotatable bonds is 6. The summed E-state index contributed by atoms with van der Waals surface area (Å²) in [6, 6.07) is 13.2. The third kappa shape index (κ3) is 5.32. The fourth-order valence-electron chi connectivity index (χ4n) is 2.37. The van der Waals surface area contributed by atoms with Gasteiger partial charge in [0.15, 0.2) is 5.11 Å². The Kier molecular flexibility index (Phi) is 7.13. The van der Waals surface area contributed by atoms with Gasteiger partial charge < -0.3 is 4.90 Å². The summed E-state index contributed by atoms with van der Waals surface area (Å²) in [6.07, 6.45) is 0. The number of hydrogen-bond acceptors (Lipinski definition) is 6. The molecule has 1 atom stereocenters. The van der Waals surface area contributed by atoms with Crippen molar-refractivity contribution in [3.63, 3.8) is 0 Å². The number of carbonyl (C=O) groups is 2. The topological polar surface area (TPSA) is 125 Å². The number of hydroxylamine groups is 1. The maximum absolute atomic E-state index is 12.3. The van der Waals surface area contributed by atoms with Crippen LogP contribution >= 0.6 is 12.2 Å². The van der Waals surface area contributed by atoms with Crippen molar-refractivity contribution in [3.8, 4) is 0 Å². The highest BCUT2D eigenvalue weighted by Gasteiger charge is 2.25. The number of nitrogens with zero attached hydrogens (tertiary/aromatic N) is 2. The van der Waals surface area contributed by atoms with Crippen molar-refractivity contribution in [2.24, 2.45) is 0 Å². The van der Waals surface area contributed by atoms with Crippen LogP contribution in [0.1, 0.15) is 22.8 Å². The molecule has 9 nitrogen and oxygen atoms in total. The average Bonchev–Trinajstić information content (AvgIpc) is 2.71. The van der Waals surface area contributed by atoms with Crippen LogP contribution in [-0.4, -0.2) is 38.0 Å². The first kappa shape index (κ1) is 20.9. The van der Waals surface area contributed by atoms with E-state index < -0.39 is 22.8 Å². The second-order valence-electron chi connectivity index (χ2n) is 5.83. The van der Waals surface area contributed by atoms with Crippen molar-refractivity contribution >= 4 is 34.8 Å². The molecular formula is C18H18N4O5S. The molecule has 0 heterocycles. The second kappa shape index (κ2) is 9.53. The summed E-state index contributed by atoms with van der Waals surface area (Å²) >= 11 is 5.29. The lowest BCUT2D eigenvalue weighted by molar-refractivity contribution is -0.384. The SMILES string of the molecule is CC(C(=O)NO)N(Cc1ccc([N+](=O)[O-])cc1)C(=S)NC(=O)c1ccccc1. The van der Waals surface area contributed by atoms with E-state index in [2.05, 4.69) is 5.32 Å². The van der Waals surface area contributed by atoms with E-state index in [0.717, 1.165) is 0 Å². The van der Waals surface area contributed by atoms with Crippen LogP contribution in [0, 0.1) is 10.1 Å². The van der Waals surface area contributed by atoms with Gasteiger partial charge in [-0.05, 0) is 36.8 Å². The van der Waals surface area contributed by atoms with Crippen LogP contribution in [0.3, 0.4) is 0 Å². The normalized spacial score (nSPS) is 11.2. The predicted octanol–water partition coefficient (Wildman–Crippen LogP) is 2.01. The van der Waals surface area contributed by atoms with Gasteiger partial charge in [-0.3, -0.25) is 30.2 Å². The van der Waals surface area contributed by atoms with Crippen LogP contribution in [0.5, 0.6) is 0 Å². The van der Waals surface area contributed by atoms with Crippen LogP contribution in [-0.2, 0) is 11.3 Å². The number of carbonyl (C=O) groups excluding carboxylic acids is 2. The lowest BCUT2D eigenvalue weighted by Gasteiger charge is -2.30. The number of hydrogen-bond donors (Lipinski definition) is 3. The molecule has 1 unspecified atom stereocenters. The number of thiocarbonyl (C=S) groups is 1. The fraction of sp³-hybridized carbons (Fsp3) is 0.167. The molecule has 0 fully saturated rings. The highest BCUT2D eigenvalue weighted by molar-refractivity contribution is 7.80. The highest BCUT2D eigenvalue weighted by atomic mass is 32.1. The van der Waals surface area contributed by atoms with E-state index in [1.165, 1.54) is 36.1 Å². The van der Waals surface area contributed by atoms with Crippen LogP contribution in [0.25, 0.3) is 0 Å². The standard InChI is InChI=1S/C18H18N4O5S/c1-12(16(23)20-25)21(11-13-7-9-15(10-8-13)22(26)27)18(28)19-17(24)14-5-3-2-4-6-14/h2-10,12,25H,11H2,1H3,(H,20,23)(H,19,24,28). The lowest BCUT2D eigenvalue weighted by Crippen LogP contribution is -2.51. The van der Waals surface area contributed by atoms with E-state index in [1.54, 1.807) is 35.8 Å². The van der Waals surface area contributed by atoms with Gasteiger partial charge in [0.05, 0.1) is 4.92 Å². The second-order valence-corrected chi connectivity index (χ2v) is 6.22. The molecule has 0 aromatic heterocycles. The van der Waals surface area contributed by atoms with Gasteiger partial charge in [0.25, 0.3) is 17.5 Å². The Morgan fingerprint density at radius 1 is 1.18 bits per heavy atom. The van der Waals surface area contributed by atoms with Crippen molar-refractivity contribution in [2.75, 3.05) is 0 Å². The Bertz CT molecular complexity index is 873. The van der Waals surface area contributed by atoms with E-state index in [1.807, 2.05) is 0 Å². The first-order valence-electron chi connectivity index (χ1n) is 8.17. The van der Waals surface area contributed by atoms with Crippen molar-refractivity contribution in [1.82, 2.24) is 15.7 Å². The molecule has 2 rings (SSSR count). The minimum atomic E-state index is -0.913. The molecule has 3 N–H and O–H groups in total. The quantitative estimate of drug-likeness (QED) is 0.292. The number of nitro benzene ring substituents is 1. The Morgan fingerprint density at radius 2 is 1.79 bits per heavy atom. The number of amides is 2. The predicted molar refractivity (Wildman–Crippen MR) is 105 cm³/mol. The molecule has 146 valence electrons. The van der Waals surface area contributed by atoms with Gasteiger partial charge in [-0.25, -0.2) is 5.48 Å². The molecule has 0 saturated carbocycles. The van der Waals surface area contributed by atoms with Gasteiger partial charge in [-0.15, -0.1) is 0 Å². The Morgan fingerprint density at radius 3 is 2.32 bits per heavy atom. The fourth-order valence-corrected chi connectivity index (χ4v) is 2.69. The molecule has 2 amide bonds. The molecular weight excluding hydrogens is 384 g/mol. The highest BCUT2D eigenvalue weighted by Crippen LogP contribution is 2.15. The first-order valence-corrected chi connectivity index (χ1v) is 8.58. The van der Waals surface area contributed by atoms with Gasteiger partial charge in [0.1, 0.15) is 6.04 Å². The summed E-state index contributed by atoms with van der Waals surface area (Å²) in [7, 11) is 0. The number of non-ortho nitro benzene ring substituents is 1. The summed E-state index contributed by atoms with van der Waals surface area (Å²) in [5.74, 6) is -1.17. The largest absolute Gasteiger partial charge is 0.333 e. The zero-order chi connectivity index (χ0) is 20.7. The Hall–Kier alpha value is -3.37. The van der Waals surface area contributed by atoms with Crippen LogP contribution in [0.4, 0.5) is 5.69 Å². The summed E-state index contributed by atoms with van der Waals surface area (Å²) in [5, 5.41) is 22.2. The zero-order valence-electron chi connectivity index (χ0n) is 14.9. The van der Waals surface area contributed by atoms with Crippen molar-refractivity contribution in [3.05, 3.63) is 75.8 Å². The van der Waals surface area contributed by atoms with E-state index >= 15 is 0 Å². The van der Waals surface area contributed by atoms with E-state index in [0.29, 0.717) is 11.1 Å². The third-order valence-corrected chi connectivity index (χ3v) is 4.31. The molecule has 0 saturated heterocycles. The van der Waals surface area contributed by atoms with Gasteiger partial charge in [0.2, 0.25) is 0 Å². The van der Waals surface area contributed by atoms with Crippen LogP contribution in [0.2, 0.25) is 0 Å². The minimum Gasteiger partial charge on any atom is -0.333 e. The van der Waals surface area contributed by atoms with Crippen LogP contribution < -0.4 is 10.8 Å². The number of benzene rings is 2. The molecule has 10 heteroatoms. The summed E-state index contributed by atoms with van der Waals surface area (Å²) in [5.41, 5.74) is 2.49. The summed E-state index contributed by atoms with van der Waals surface area (Å²) in [6.45, 7) is 1.58. The van der Waals surface area contributed by atoms with Gasteiger partial charge >= 0.3 is 0 Å². The molecule has 2 aromatic rings. The third-order valence-electron chi connectivity index (χ3n) is 3.97. The smallest absolute Gasteiger partial charge is 0.269 e. The van der Waals surface area contributed by atoms with Crippen molar-refractivity contribution in [2.45, 2.75) is 19.5 Å². The van der Waals surface area contributed by atoms with Gasteiger partial charge in [0, 0.05) is 24.2 Å². The minimum absolute atomic E-state index is 0.0247. The summed E-state index contributed by atoms with van der Waals surface area (Å²) in [4.78, 5) is 35.9. The van der Waals surface area contributed by atoms with E-state index in [-0.39, 0.29) is 17.3 Å². The molecule has 0 aliphatic heterocycles.